The largest absolute Gasteiger partial charge is 0.350 e. The molecule has 1 aliphatic heterocycles. The van der Waals surface area contributed by atoms with Crippen LogP contribution in [-0.2, 0) is 17.9 Å². The second kappa shape index (κ2) is 13.0. The Kier molecular flexibility index (Phi) is 10.1. The topological polar surface area (TPSA) is 61.4 Å². The van der Waals surface area contributed by atoms with Gasteiger partial charge in [0.15, 0.2) is 0 Å². The molecule has 1 fully saturated rings. The van der Waals surface area contributed by atoms with Crippen molar-refractivity contribution in [2.24, 2.45) is 5.92 Å². The standard InChI is InChI=1S/C26H34ClN3O2S/c1-19-6-5-14-30(17-19)18-21-11-9-20(10-12-21)16-28-26(32)24(13-15-33-2)29-25(31)22-7-3-4-8-23(22)27/h3-4,7-12,19,24H,5-6,13-18H2,1-2H3,(H,28,32)(H,29,31). The van der Waals surface area contributed by atoms with Crippen molar-refractivity contribution in [1.82, 2.24) is 15.5 Å². The third-order valence-corrected chi connectivity index (χ3v) is 6.96. The van der Waals surface area contributed by atoms with Gasteiger partial charge in [0.05, 0.1) is 10.6 Å². The van der Waals surface area contributed by atoms with Crippen molar-refractivity contribution < 1.29 is 9.59 Å². The Bertz CT molecular complexity index is 922. The molecule has 2 aromatic rings. The van der Waals surface area contributed by atoms with E-state index in [1.165, 1.54) is 24.9 Å². The summed E-state index contributed by atoms with van der Waals surface area (Å²) in [5, 5.41) is 6.20. The van der Waals surface area contributed by atoms with Gasteiger partial charge in [0, 0.05) is 19.6 Å². The van der Waals surface area contributed by atoms with E-state index in [4.69, 9.17) is 11.6 Å². The van der Waals surface area contributed by atoms with E-state index in [1.807, 2.05) is 6.26 Å². The molecule has 5 nitrogen and oxygen atoms in total. The third kappa shape index (κ3) is 8.05. The van der Waals surface area contributed by atoms with Crippen LogP contribution in [0.4, 0.5) is 0 Å². The molecule has 0 aromatic heterocycles. The quantitative estimate of drug-likeness (QED) is 0.508. The number of halogens is 1. The predicted molar refractivity (Wildman–Crippen MR) is 138 cm³/mol. The van der Waals surface area contributed by atoms with Gasteiger partial charge >= 0.3 is 0 Å². The molecule has 2 amide bonds. The second-order valence-electron chi connectivity index (χ2n) is 8.80. The van der Waals surface area contributed by atoms with Crippen molar-refractivity contribution in [3.05, 3.63) is 70.2 Å². The summed E-state index contributed by atoms with van der Waals surface area (Å²) in [7, 11) is 0. The van der Waals surface area contributed by atoms with E-state index in [2.05, 4.69) is 46.7 Å². The highest BCUT2D eigenvalue weighted by Crippen LogP contribution is 2.18. The Labute approximate surface area is 206 Å². The minimum absolute atomic E-state index is 0.184. The van der Waals surface area contributed by atoms with E-state index in [1.54, 1.807) is 36.0 Å². The van der Waals surface area contributed by atoms with E-state index in [0.717, 1.165) is 30.3 Å². The van der Waals surface area contributed by atoms with Crippen LogP contribution in [0.25, 0.3) is 0 Å². The van der Waals surface area contributed by atoms with Gasteiger partial charge in [-0.3, -0.25) is 14.5 Å². The van der Waals surface area contributed by atoms with Crippen LogP contribution < -0.4 is 10.6 Å². The van der Waals surface area contributed by atoms with E-state index >= 15 is 0 Å². The van der Waals surface area contributed by atoms with Gasteiger partial charge in [0.1, 0.15) is 6.04 Å². The number of hydrogen-bond donors (Lipinski definition) is 2. The van der Waals surface area contributed by atoms with Crippen LogP contribution in [0, 0.1) is 5.92 Å². The number of nitrogens with zero attached hydrogens (tertiary/aromatic N) is 1. The number of carbonyl (C=O) groups excluding carboxylic acids is 2. The summed E-state index contributed by atoms with van der Waals surface area (Å²) < 4.78 is 0. The first-order valence-corrected chi connectivity index (χ1v) is 13.4. The summed E-state index contributed by atoms with van der Waals surface area (Å²) in [6.07, 6.45) is 5.13. The maximum atomic E-state index is 12.9. The molecule has 1 saturated heterocycles. The fourth-order valence-corrected chi connectivity index (χ4v) is 4.84. The molecule has 2 aromatic carbocycles. The molecule has 33 heavy (non-hydrogen) atoms. The Balaban J connectivity index is 1.53. The van der Waals surface area contributed by atoms with Crippen molar-refractivity contribution >= 4 is 35.2 Å². The number of amides is 2. The van der Waals surface area contributed by atoms with Gasteiger partial charge in [-0.15, -0.1) is 0 Å². The van der Waals surface area contributed by atoms with Gasteiger partial charge in [-0.05, 0) is 67.0 Å². The third-order valence-electron chi connectivity index (χ3n) is 5.99. The fourth-order valence-electron chi connectivity index (χ4n) is 4.15. The first-order valence-electron chi connectivity index (χ1n) is 11.6. The molecule has 0 bridgehead atoms. The molecule has 2 N–H and O–H groups in total. The van der Waals surface area contributed by atoms with Gasteiger partial charge in [-0.2, -0.15) is 11.8 Å². The normalized spacial score (nSPS) is 17.4. The van der Waals surface area contributed by atoms with Gasteiger partial charge in [-0.25, -0.2) is 0 Å². The zero-order valence-electron chi connectivity index (χ0n) is 19.5. The monoisotopic (exact) mass is 487 g/mol. The molecule has 0 aliphatic carbocycles. The summed E-state index contributed by atoms with van der Waals surface area (Å²) in [5.74, 6) is 1.02. The number of thioether (sulfide) groups is 1. The molecule has 2 unspecified atom stereocenters. The zero-order valence-corrected chi connectivity index (χ0v) is 21.1. The molecule has 0 spiro atoms. The number of carbonyl (C=O) groups is 2. The SMILES string of the molecule is CSCCC(NC(=O)c1ccccc1Cl)C(=O)NCc1ccc(CN2CCCC(C)C2)cc1. The van der Waals surface area contributed by atoms with Crippen molar-refractivity contribution in [1.29, 1.82) is 0 Å². The van der Waals surface area contributed by atoms with Gasteiger partial charge in [0.25, 0.3) is 5.91 Å². The lowest BCUT2D eigenvalue weighted by Gasteiger charge is -2.30. The summed E-state index contributed by atoms with van der Waals surface area (Å²) in [6, 6.07) is 14.7. The molecule has 7 heteroatoms. The summed E-state index contributed by atoms with van der Waals surface area (Å²) in [5.41, 5.74) is 2.71. The number of piperidine rings is 1. The van der Waals surface area contributed by atoms with Crippen LogP contribution in [0.2, 0.25) is 5.02 Å². The molecule has 2 atom stereocenters. The predicted octanol–water partition coefficient (Wildman–Crippen LogP) is 4.74. The van der Waals surface area contributed by atoms with Crippen LogP contribution >= 0.6 is 23.4 Å². The van der Waals surface area contributed by atoms with Crippen LogP contribution in [0.3, 0.4) is 0 Å². The lowest BCUT2D eigenvalue weighted by molar-refractivity contribution is -0.123. The van der Waals surface area contributed by atoms with Gasteiger partial charge < -0.3 is 10.6 Å². The molecule has 0 saturated carbocycles. The molecular formula is C26H34ClN3O2S. The second-order valence-corrected chi connectivity index (χ2v) is 10.2. The van der Waals surface area contributed by atoms with Gasteiger partial charge in [0.2, 0.25) is 5.91 Å². The van der Waals surface area contributed by atoms with Crippen molar-refractivity contribution in [2.75, 3.05) is 25.1 Å². The Morgan fingerprint density at radius 3 is 2.58 bits per heavy atom. The molecule has 1 heterocycles. The van der Waals surface area contributed by atoms with E-state index in [9.17, 15) is 9.59 Å². The van der Waals surface area contributed by atoms with Gasteiger partial charge in [-0.1, -0.05) is 54.9 Å². The molecule has 3 rings (SSSR count). The molecule has 0 radical (unpaired) electrons. The van der Waals surface area contributed by atoms with E-state index < -0.39 is 6.04 Å². The lowest BCUT2D eigenvalue weighted by atomic mass is 9.99. The number of likely N-dealkylation sites (tertiary alicyclic amines) is 1. The zero-order chi connectivity index (χ0) is 23.6. The maximum Gasteiger partial charge on any atom is 0.253 e. The van der Waals surface area contributed by atoms with Crippen LogP contribution in [-0.4, -0.2) is 47.9 Å². The smallest absolute Gasteiger partial charge is 0.253 e. The number of benzene rings is 2. The average molecular weight is 488 g/mol. The van der Waals surface area contributed by atoms with E-state index in [0.29, 0.717) is 23.6 Å². The first-order chi connectivity index (χ1) is 16.0. The summed E-state index contributed by atoms with van der Waals surface area (Å²) in [4.78, 5) is 28.0. The molecular weight excluding hydrogens is 454 g/mol. The fraction of sp³-hybridized carbons (Fsp3) is 0.462. The number of nitrogens with one attached hydrogen (secondary N) is 2. The number of rotatable bonds is 10. The van der Waals surface area contributed by atoms with Crippen LogP contribution in [0.1, 0.15) is 47.7 Å². The Morgan fingerprint density at radius 1 is 1.15 bits per heavy atom. The van der Waals surface area contributed by atoms with Crippen molar-refractivity contribution in [3.8, 4) is 0 Å². The van der Waals surface area contributed by atoms with E-state index in [-0.39, 0.29) is 11.8 Å². The Hall–Kier alpha value is -2.02. The summed E-state index contributed by atoms with van der Waals surface area (Å²) in [6.45, 7) is 6.05. The molecule has 1 aliphatic rings. The highest BCUT2D eigenvalue weighted by atomic mass is 35.5. The first kappa shape index (κ1) is 25.6. The van der Waals surface area contributed by atoms with Crippen molar-refractivity contribution in [3.63, 3.8) is 0 Å². The summed E-state index contributed by atoms with van der Waals surface area (Å²) >= 11 is 7.78. The van der Waals surface area contributed by atoms with Crippen LogP contribution in [0.5, 0.6) is 0 Å². The highest BCUT2D eigenvalue weighted by molar-refractivity contribution is 7.98. The van der Waals surface area contributed by atoms with Crippen molar-refractivity contribution in [2.45, 2.75) is 45.3 Å². The minimum atomic E-state index is -0.610. The maximum absolute atomic E-state index is 12.9. The molecule has 178 valence electrons. The minimum Gasteiger partial charge on any atom is -0.350 e. The average Bonchev–Trinajstić information content (AvgIpc) is 2.81. The number of hydrogen-bond acceptors (Lipinski definition) is 4. The lowest BCUT2D eigenvalue weighted by Crippen LogP contribution is -2.47. The van der Waals surface area contributed by atoms with Crippen LogP contribution in [0.15, 0.2) is 48.5 Å². The highest BCUT2D eigenvalue weighted by Gasteiger charge is 2.22. The Morgan fingerprint density at radius 2 is 1.88 bits per heavy atom.